The Morgan fingerprint density at radius 3 is 2.58 bits per heavy atom. The second kappa shape index (κ2) is 5.17. The molecule has 0 spiro atoms. The summed E-state index contributed by atoms with van der Waals surface area (Å²) >= 11 is 0. The fourth-order valence-corrected chi connectivity index (χ4v) is 1.35. The van der Waals surface area contributed by atoms with Gasteiger partial charge in [0, 0.05) is 12.1 Å². The largest absolute Gasteiger partial charge is 0.493 e. The average Bonchev–Trinajstić information content (AvgIpc) is 2.41. The lowest BCUT2D eigenvalue weighted by atomic mass is 10.3. The van der Waals surface area contributed by atoms with E-state index in [1.807, 2.05) is 0 Å². The molecule has 0 saturated heterocycles. The molecule has 0 aliphatic rings. The molecule has 1 aromatic heterocycles. The Hall–Kier alpha value is -2.90. The Morgan fingerprint density at radius 2 is 2.00 bits per heavy atom. The lowest BCUT2D eigenvalue weighted by molar-refractivity contribution is -0.384. The van der Waals surface area contributed by atoms with Crippen LogP contribution in [0, 0.1) is 10.1 Å². The van der Waals surface area contributed by atoms with Gasteiger partial charge in [-0.15, -0.1) is 10.2 Å². The number of benzene rings is 1. The summed E-state index contributed by atoms with van der Waals surface area (Å²) in [6.45, 7) is 0. The highest BCUT2D eigenvalue weighted by molar-refractivity contribution is 5.49. The van der Waals surface area contributed by atoms with Gasteiger partial charge in [0.25, 0.3) is 5.69 Å². The van der Waals surface area contributed by atoms with Crippen LogP contribution in [0.4, 0.5) is 11.5 Å². The number of hydrogen-bond donors (Lipinski definition) is 1. The third-order valence-electron chi connectivity index (χ3n) is 2.23. The van der Waals surface area contributed by atoms with Crippen LogP contribution >= 0.6 is 0 Å². The van der Waals surface area contributed by atoms with Gasteiger partial charge in [-0.25, -0.2) is 0 Å². The Bertz CT molecular complexity index is 600. The third kappa shape index (κ3) is 2.86. The molecule has 98 valence electrons. The number of hydrogen-bond acceptors (Lipinski definition) is 7. The van der Waals surface area contributed by atoms with Crippen molar-refractivity contribution < 1.29 is 14.4 Å². The van der Waals surface area contributed by atoms with Gasteiger partial charge in [0.15, 0.2) is 11.5 Å². The zero-order valence-electron chi connectivity index (χ0n) is 9.94. The summed E-state index contributed by atoms with van der Waals surface area (Å²) in [6.07, 6.45) is 0. The molecule has 0 fully saturated rings. The second-order valence-electron chi connectivity index (χ2n) is 3.49. The maximum absolute atomic E-state index is 10.6. The number of aromatic nitrogens is 2. The van der Waals surface area contributed by atoms with E-state index in [-0.39, 0.29) is 23.1 Å². The van der Waals surface area contributed by atoms with Gasteiger partial charge in [-0.1, -0.05) is 0 Å². The summed E-state index contributed by atoms with van der Waals surface area (Å²) in [5, 5.41) is 18.0. The van der Waals surface area contributed by atoms with Crippen molar-refractivity contribution in [2.24, 2.45) is 0 Å². The van der Waals surface area contributed by atoms with Gasteiger partial charge < -0.3 is 15.2 Å². The van der Waals surface area contributed by atoms with Gasteiger partial charge in [0.1, 0.15) is 5.82 Å². The van der Waals surface area contributed by atoms with E-state index in [4.69, 9.17) is 15.2 Å². The highest BCUT2D eigenvalue weighted by atomic mass is 16.6. The van der Waals surface area contributed by atoms with Gasteiger partial charge in [0.2, 0.25) is 5.88 Å². The van der Waals surface area contributed by atoms with E-state index in [2.05, 4.69) is 10.2 Å². The molecule has 2 aromatic rings. The molecule has 2 N–H and O–H groups in total. The Labute approximate surface area is 107 Å². The number of rotatable bonds is 4. The van der Waals surface area contributed by atoms with Crippen LogP contribution in [-0.2, 0) is 0 Å². The summed E-state index contributed by atoms with van der Waals surface area (Å²) < 4.78 is 10.4. The van der Waals surface area contributed by atoms with Crippen molar-refractivity contribution >= 4 is 11.5 Å². The van der Waals surface area contributed by atoms with Crippen molar-refractivity contribution in [2.75, 3.05) is 12.8 Å². The van der Waals surface area contributed by atoms with E-state index < -0.39 is 4.92 Å². The van der Waals surface area contributed by atoms with Crippen molar-refractivity contribution in [3.8, 4) is 17.4 Å². The first kappa shape index (κ1) is 12.6. The number of anilines is 1. The lowest BCUT2D eigenvalue weighted by Gasteiger charge is -2.08. The topological polar surface area (TPSA) is 113 Å². The quantitative estimate of drug-likeness (QED) is 0.659. The van der Waals surface area contributed by atoms with Crippen LogP contribution < -0.4 is 15.2 Å². The summed E-state index contributed by atoms with van der Waals surface area (Å²) in [6, 6.07) is 7.06. The van der Waals surface area contributed by atoms with Crippen molar-refractivity contribution in [1.82, 2.24) is 10.2 Å². The molecule has 2 rings (SSSR count). The zero-order chi connectivity index (χ0) is 13.8. The van der Waals surface area contributed by atoms with E-state index >= 15 is 0 Å². The van der Waals surface area contributed by atoms with Crippen molar-refractivity contribution in [2.45, 2.75) is 0 Å². The van der Waals surface area contributed by atoms with Crippen molar-refractivity contribution in [1.29, 1.82) is 0 Å². The number of nitro benzene ring substituents is 1. The van der Waals surface area contributed by atoms with Crippen LogP contribution in [0.2, 0.25) is 0 Å². The Morgan fingerprint density at radius 1 is 1.21 bits per heavy atom. The first-order valence-electron chi connectivity index (χ1n) is 5.19. The Balaban J connectivity index is 2.29. The molecule has 0 unspecified atom stereocenters. The zero-order valence-corrected chi connectivity index (χ0v) is 9.94. The summed E-state index contributed by atoms with van der Waals surface area (Å²) in [7, 11) is 1.39. The minimum Gasteiger partial charge on any atom is -0.493 e. The molecule has 0 saturated carbocycles. The van der Waals surface area contributed by atoms with Crippen molar-refractivity contribution in [3.05, 3.63) is 40.4 Å². The molecule has 0 bridgehead atoms. The van der Waals surface area contributed by atoms with E-state index in [1.54, 1.807) is 0 Å². The van der Waals surface area contributed by atoms with E-state index in [0.29, 0.717) is 5.75 Å². The number of non-ortho nitro benzene ring substituents is 1. The highest BCUT2D eigenvalue weighted by Gasteiger charge is 2.13. The van der Waals surface area contributed by atoms with Gasteiger partial charge in [-0.2, -0.15) is 0 Å². The van der Waals surface area contributed by atoms with E-state index in [9.17, 15) is 10.1 Å². The smallest absolute Gasteiger partial charge is 0.273 e. The van der Waals surface area contributed by atoms with Gasteiger partial charge in [-0.05, 0) is 12.1 Å². The van der Waals surface area contributed by atoms with Gasteiger partial charge in [-0.3, -0.25) is 10.1 Å². The molecule has 1 aromatic carbocycles. The standard InChI is InChI=1S/C11H10N4O4/c1-18-9-6-7(15(16)17)2-3-8(9)19-11-5-4-10(12)13-14-11/h2-6H,1H3,(H2,12,13). The first-order chi connectivity index (χ1) is 9.10. The number of ether oxygens (including phenoxy) is 2. The number of nitrogens with two attached hydrogens (primary N) is 1. The number of nitrogens with zero attached hydrogens (tertiary/aromatic N) is 3. The van der Waals surface area contributed by atoms with Crippen LogP contribution in [-0.4, -0.2) is 22.2 Å². The summed E-state index contributed by atoms with van der Waals surface area (Å²) in [5.74, 6) is 1.00. The monoisotopic (exact) mass is 262 g/mol. The molecule has 8 heteroatoms. The summed E-state index contributed by atoms with van der Waals surface area (Å²) in [4.78, 5) is 10.1. The number of nitro groups is 1. The molecule has 8 nitrogen and oxygen atoms in total. The lowest BCUT2D eigenvalue weighted by Crippen LogP contribution is -1.97. The molecule has 19 heavy (non-hydrogen) atoms. The second-order valence-corrected chi connectivity index (χ2v) is 3.49. The number of methoxy groups -OCH3 is 1. The molecule has 0 aliphatic carbocycles. The van der Waals surface area contributed by atoms with Crippen LogP contribution in [0.15, 0.2) is 30.3 Å². The predicted molar refractivity (Wildman–Crippen MR) is 66.2 cm³/mol. The molecule has 0 aliphatic heterocycles. The molecule has 0 atom stereocenters. The van der Waals surface area contributed by atoms with Crippen molar-refractivity contribution in [3.63, 3.8) is 0 Å². The minimum atomic E-state index is -0.519. The maximum Gasteiger partial charge on any atom is 0.273 e. The highest BCUT2D eigenvalue weighted by Crippen LogP contribution is 2.33. The van der Waals surface area contributed by atoms with Gasteiger partial charge >= 0.3 is 0 Å². The molecule has 0 radical (unpaired) electrons. The van der Waals surface area contributed by atoms with Crippen LogP contribution in [0.5, 0.6) is 17.4 Å². The predicted octanol–water partition coefficient (Wildman–Crippen LogP) is 1.77. The van der Waals surface area contributed by atoms with E-state index in [1.165, 1.54) is 37.4 Å². The normalized spacial score (nSPS) is 9.95. The molecule has 0 amide bonds. The fraction of sp³-hybridized carbons (Fsp3) is 0.0909. The molecule has 1 heterocycles. The third-order valence-corrected chi connectivity index (χ3v) is 2.23. The van der Waals surface area contributed by atoms with Crippen LogP contribution in [0.25, 0.3) is 0 Å². The maximum atomic E-state index is 10.6. The minimum absolute atomic E-state index is 0.0902. The molecular formula is C11H10N4O4. The fourth-order valence-electron chi connectivity index (χ4n) is 1.35. The SMILES string of the molecule is COc1cc([N+](=O)[O-])ccc1Oc1ccc(N)nn1. The number of nitrogen functional groups attached to an aromatic ring is 1. The summed E-state index contributed by atoms with van der Waals surface area (Å²) in [5.41, 5.74) is 5.31. The van der Waals surface area contributed by atoms with Gasteiger partial charge in [0.05, 0.1) is 18.1 Å². The van der Waals surface area contributed by atoms with E-state index in [0.717, 1.165) is 0 Å². The Kier molecular flexibility index (Phi) is 3.42. The van der Waals surface area contributed by atoms with Crippen LogP contribution in [0.3, 0.4) is 0 Å². The first-order valence-corrected chi connectivity index (χ1v) is 5.19. The average molecular weight is 262 g/mol. The van der Waals surface area contributed by atoms with Crippen LogP contribution in [0.1, 0.15) is 0 Å². The molecular weight excluding hydrogens is 252 g/mol.